The number of hydrogen-bond acceptors (Lipinski definition) is 4. The van der Waals surface area contributed by atoms with Crippen LogP contribution in [0.3, 0.4) is 0 Å². The first-order chi connectivity index (χ1) is 11.3. The minimum atomic E-state index is -0.356. The Kier molecular flexibility index (Phi) is 3.59. The second-order valence-corrected chi connectivity index (χ2v) is 5.93. The van der Waals surface area contributed by atoms with Gasteiger partial charge in [-0.1, -0.05) is 36.4 Å². The van der Waals surface area contributed by atoms with Gasteiger partial charge in [0, 0.05) is 18.5 Å². The first-order valence-corrected chi connectivity index (χ1v) is 7.92. The number of amides is 2. The largest absolute Gasteiger partial charge is 0.379 e. The molecule has 0 N–H and O–H groups in total. The van der Waals surface area contributed by atoms with Crippen molar-refractivity contribution in [2.24, 2.45) is 0 Å². The Bertz CT molecular complexity index is 762. The number of carbonyl (C=O) groups excluding carboxylic acids is 2. The van der Waals surface area contributed by atoms with Gasteiger partial charge in [-0.2, -0.15) is 0 Å². The molecule has 2 amide bonds. The molecule has 4 rings (SSSR count). The number of ether oxygens (including phenoxy) is 1. The second-order valence-electron chi connectivity index (χ2n) is 5.93. The van der Waals surface area contributed by atoms with Crippen molar-refractivity contribution < 1.29 is 14.3 Å². The average Bonchev–Trinajstić information content (AvgIpc) is 2.90. The SMILES string of the molecule is O=C1CC(N2CCOCC2)C(=O)N1c1cccc2ccccc12. The van der Waals surface area contributed by atoms with Gasteiger partial charge in [0.25, 0.3) is 5.91 Å². The van der Waals surface area contributed by atoms with Gasteiger partial charge in [0.05, 0.1) is 31.4 Å². The zero-order chi connectivity index (χ0) is 15.8. The lowest BCUT2D eigenvalue weighted by molar-refractivity contribution is -0.123. The molecule has 2 aromatic carbocycles. The van der Waals surface area contributed by atoms with Crippen molar-refractivity contribution in [2.45, 2.75) is 12.5 Å². The van der Waals surface area contributed by atoms with E-state index in [2.05, 4.69) is 4.90 Å². The topological polar surface area (TPSA) is 49.9 Å². The highest BCUT2D eigenvalue weighted by Crippen LogP contribution is 2.32. The summed E-state index contributed by atoms with van der Waals surface area (Å²) < 4.78 is 5.34. The summed E-state index contributed by atoms with van der Waals surface area (Å²) in [6, 6.07) is 13.2. The van der Waals surface area contributed by atoms with Crippen LogP contribution < -0.4 is 4.90 Å². The first kappa shape index (κ1) is 14.4. The summed E-state index contributed by atoms with van der Waals surface area (Å²) in [5, 5.41) is 1.96. The van der Waals surface area contributed by atoms with Crippen LogP contribution in [0.2, 0.25) is 0 Å². The summed E-state index contributed by atoms with van der Waals surface area (Å²) in [6.07, 6.45) is 0.252. The molecule has 2 saturated heterocycles. The minimum Gasteiger partial charge on any atom is -0.379 e. The van der Waals surface area contributed by atoms with Crippen LogP contribution in [0.4, 0.5) is 5.69 Å². The number of benzene rings is 2. The lowest BCUT2D eigenvalue weighted by Gasteiger charge is -2.30. The van der Waals surface area contributed by atoms with Crippen molar-refractivity contribution in [3.63, 3.8) is 0 Å². The summed E-state index contributed by atoms with van der Waals surface area (Å²) in [6.45, 7) is 2.64. The Morgan fingerprint density at radius 2 is 1.70 bits per heavy atom. The van der Waals surface area contributed by atoms with Gasteiger partial charge >= 0.3 is 0 Å². The number of anilines is 1. The van der Waals surface area contributed by atoms with E-state index in [1.807, 2.05) is 42.5 Å². The number of nitrogens with zero attached hydrogens (tertiary/aromatic N) is 2. The van der Waals surface area contributed by atoms with Gasteiger partial charge in [0.1, 0.15) is 0 Å². The summed E-state index contributed by atoms with van der Waals surface area (Å²) in [4.78, 5) is 28.8. The molecule has 23 heavy (non-hydrogen) atoms. The van der Waals surface area contributed by atoms with Gasteiger partial charge in [-0.3, -0.25) is 14.5 Å². The maximum atomic E-state index is 12.9. The highest BCUT2D eigenvalue weighted by molar-refractivity contribution is 6.25. The average molecular weight is 310 g/mol. The molecule has 0 radical (unpaired) electrons. The van der Waals surface area contributed by atoms with Crippen molar-refractivity contribution in [3.8, 4) is 0 Å². The number of carbonyl (C=O) groups is 2. The third-order valence-electron chi connectivity index (χ3n) is 4.62. The highest BCUT2D eigenvalue weighted by atomic mass is 16.5. The summed E-state index contributed by atoms with van der Waals surface area (Å²) in [5.74, 6) is -0.240. The number of morpholine rings is 1. The second kappa shape index (κ2) is 5.76. The molecule has 118 valence electrons. The third kappa shape index (κ3) is 2.42. The molecule has 5 heteroatoms. The van der Waals surface area contributed by atoms with Crippen LogP contribution in [0.25, 0.3) is 10.8 Å². The molecule has 5 nitrogen and oxygen atoms in total. The van der Waals surface area contributed by atoms with Crippen LogP contribution in [0.5, 0.6) is 0 Å². The predicted molar refractivity (Wildman–Crippen MR) is 87.2 cm³/mol. The Morgan fingerprint density at radius 1 is 0.957 bits per heavy atom. The molecule has 0 saturated carbocycles. The normalized spacial score (nSPS) is 23.0. The van der Waals surface area contributed by atoms with E-state index in [-0.39, 0.29) is 24.3 Å². The first-order valence-electron chi connectivity index (χ1n) is 7.92. The fraction of sp³-hybridized carbons (Fsp3) is 0.333. The molecule has 1 unspecified atom stereocenters. The van der Waals surface area contributed by atoms with E-state index < -0.39 is 0 Å². The van der Waals surface area contributed by atoms with Gasteiger partial charge in [0.2, 0.25) is 5.91 Å². The molecular formula is C18H18N2O3. The number of imide groups is 1. The Morgan fingerprint density at radius 3 is 2.52 bits per heavy atom. The quantitative estimate of drug-likeness (QED) is 0.794. The smallest absolute Gasteiger partial charge is 0.251 e. The van der Waals surface area contributed by atoms with E-state index in [1.54, 1.807) is 0 Å². The van der Waals surface area contributed by atoms with Crippen molar-refractivity contribution in [1.82, 2.24) is 4.90 Å². The molecule has 2 aromatic rings. The van der Waals surface area contributed by atoms with Crippen molar-refractivity contribution in [2.75, 3.05) is 31.2 Å². The Balaban J connectivity index is 1.71. The van der Waals surface area contributed by atoms with E-state index in [9.17, 15) is 9.59 Å². The lowest BCUT2D eigenvalue weighted by Crippen LogP contribution is -2.47. The summed E-state index contributed by atoms with van der Waals surface area (Å²) in [5.41, 5.74) is 0.689. The molecule has 1 atom stereocenters. The van der Waals surface area contributed by atoms with Crippen LogP contribution >= 0.6 is 0 Å². The van der Waals surface area contributed by atoms with Crippen molar-refractivity contribution >= 4 is 28.3 Å². The lowest BCUT2D eigenvalue weighted by atomic mass is 10.1. The zero-order valence-corrected chi connectivity index (χ0v) is 12.8. The number of hydrogen-bond donors (Lipinski definition) is 0. The molecule has 2 heterocycles. The van der Waals surface area contributed by atoms with E-state index in [0.29, 0.717) is 32.0 Å². The summed E-state index contributed by atoms with van der Waals surface area (Å²) >= 11 is 0. The fourth-order valence-corrected chi connectivity index (χ4v) is 3.45. The molecule has 0 bridgehead atoms. The zero-order valence-electron chi connectivity index (χ0n) is 12.8. The van der Waals surface area contributed by atoms with Gasteiger partial charge in [-0.25, -0.2) is 4.90 Å². The highest BCUT2D eigenvalue weighted by Gasteiger charge is 2.43. The molecule has 2 aliphatic rings. The predicted octanol–water partition coefficient (Wildman–Crippen LogP) is 1.80. The molecular weight excluding hydrogens is 292 g/mol. The maximum absolute atomic E-state index is 12.9. The van der Waals surface area contributed by atoms with Crippen LogP contribution in [-0.2, 0) is 14.3 Å². The monoisotopic (exact) mass is 310 g/mol. The van der Waals surface area contributed by atoms with Gasteiger partial charge < -0.3 is 4.74 Å². The summed E-state index contributed by atoms with van der Waals surface area (Å²) in [7, 11) is 0. The fourth-order valence-electron chi connectivity index (χ4n) is 3.45. The van der Waals surface area contributed by atoms with Gasteiger partial charge in [-0.15, -0.1) is 0 Å². The van der Waals surface area contributed by atoms with Gasteiger partial charge in [0.15, 0.2) is 0 Å². The molecule has 0 aromatic heterocycles. The third-order valence-corrected chi connectivity index (χ3v) is 4.62. The van der Waals surface area contributed by atoms with Crippen LogP contribution in [0, 0.1) is 0 Å². The van der Waals surface area contributed by atoms with E-state index in [4.69, 9.17) is 4.74 Å². The van der Waals surface area contributed by atoms with Gasteiger partial charge in [-0.05, 0) is 11.5 Å². The molecule has 0 spiro atoms. The van der Waals surface area contributed by atoms with Crippen molar-refractivity contribution in [1.29, 1.82) is 0 Å². The number of fused-ring (bicyclic) bond motifs is 1. The molecule has 0 aliphatic carbocycles. The molecule has 2 fully saturated rings. The van der Waals surface area contributed by atoms with E-state index in [1.165, 1.54) is 4.90 Å². The van der Waals surface area contributed by atoms with Crippen LogP contribution in [0.15, 0.2) is 42.5 Å². The molecule has 2 aliphatic heterocycles. The Labute approximate surface area is 134 Å². The van der Waals surface area contributed by atoms with E-state index >= 15 is 0 Å². The number of rotatable bonds is 2. The maximum Gasteiger partial charge on any atom is 0.251 e. The minimum absolute atomic E-state index is 0.117. The van der Waals surface area contributed by atoms with Crippen molar-refractivity contribution in [3.05, 3.63) is 42.5 Å². The van der Waals surface area contributed by atoms with Crippen LogP contribution in [0.1, 0.15) is 6.42 Å². The van der Waals surface area contributed by atoms with E-state index in [0.717, 1.165) is 10.8 Å². The standard InChI is InChI=1S/C18H18N2O3/c21-17-12-16(19-8-10-23-11-9-19)18(22)20(17)15-7-3-5-13-4-1-2-6-14(13)15/h1-7,16H,8-12H2. The Hall–Kier alpha value is -2.24. The van der Waals surface area contributed by atoms with Crippen LogP contribution in [-0.4, -0.2) is 49.1 Å².